The highest BCUT2D eigenvalue weighted by atomic mass is 32.2. The number of aryl methyl sites for hydroxylation is 1. The highest BCUT2D eigenvalue weighted by Crippen LogP contribution is 2.29. The summed E-state index contributed by atoms with van der Waals surface area (Å²) in [5.41, 5.74) is 0.830. The summed E-state index contributed by atoms with van der Waals surface area (Å²) >= 11 is 0. The minimum absolute atomic E-state index is 0.0914. The Labute approximate surface area is 154 Å². The molecule has 0 radical (unpaired) electrons. The van der Waals surface area contributed by atoms with Crippen LogP contribution in [0.1, 0.15) is 12.0 Å². The largest absolute Gasteiger partial charge is 0.351 e. The van der Waals surface area contributed by atoms with Gasteiger partial charge in [0.05, 0.1) is 11.4 Å². The summed E-state index contributed by atoms with van der Waals surface area (Å²) in [5.74, 6) is -0.0914. The lowest BCUT2D eigenvalue weighted by Crippen LogP contribution is -2.42. The minimum atomic E-state index is -3.64. The molecule has 0 bridgehead atoms. The van der Waals surface area contributed by atoms with E-state index in [2.05, 4.69) is 10.3 Å². The number of pyridine rings is 1. The van der Waals surface area contributed by atoms with Crippen molar-refractivity contribution in [1.82, 2.24) is 19.5 Å². The van der Waals surface area contributed by atoms with Crippen molar-refractivity contribution in [1.29, 1.82) is 0 Å². The lowest BCUT2D eigenvalue weighted by molar-refractivity contribution is -0.122. The molecule has 2 aromatic rings. The van der Waals surface area contributed by atoms with Gasteiger partial charge in [-0.05, 0) is 39.1 Å². The van der Waals surface area contributed by atoms with Crippen LogP contribution in [-0.2, 0) is 14.8 Å². The molecule has 3 rings (SSSR count). The number of nitrogens with one attached hydrogen (secondary N) is 1. The zero-order chi connectivity index (χ0) is 18.9. The fourth-order valence-corrected chi connectivity index (χ4v) is 5.14. The average molecular weight is 376 g/mol. The van der Waals surface area contributed by atoms with Crippen LogP contribution in [0.3, 0.4) is 0 Å². The Kier molecular flexibility index (Phi) is 5.27. The maximum Gasteiger partial charge on any atom is 0.243 e. The maximum atomic E-state index is 13.2. The summed E-state index contributed by atoms with van der Waals surface area (Å²) in [5, 5.41) is 4.43. The molecular formula is C18H24N4O3S. The molecule has 1 atom stereocenters. The molecule has 8 heteroatoms. The average Bonchev–Trinajstić information content (AvgIpc) is 3.03. The van der Waals surface area contributed by atoms with Crippen molar-refractivity contribution in [2.75, 3.05) is 33.7 Å². The van der Waals surface area contributed by atoms with Crippen molar-refractivity contribution in [3.8, 4) is 0 Å². The van der Waals surface area contributed by atoms with Gasteiger partial charge < -0.3 is 10.2 Å². The van der Waals surface area contributed by atoms with Crippen LogP contribution in [0.5, 0.6) is 0 Å². The molecule has 1 aromatic carbocycles. The van der Waals surface area contributed by atoms with Crippen LogP contribution >= 0.6 is 0 Å². The number of likely N-dealkylation sites (N-methyl/N-ethyl adjacent to an activating group) is 1. The Morgan fingerprint density at radius 2 is 2.12 bits per heavy atom. The number of hydrogen-bond donors (Lipinski definition) is 1. The minimum Gasteiger partial charge on any atom is -0.351 e. The van der Waals surface area contributed by atoms with E-state index in [-0.39, 0.29) is 11.9 Å². The molecule has 26 heavy (non-hydrogen) atoms. The van der Waals surface area contributed by atoms with Crippen molar-refractivity contribution >= 4 is 26.7 Å². The van der Waals surface area contributed by atoms with Gasteiger partial charge in [0.15, 0.2) is 0 Å². The molecule has 1 amide bonds. The van der Waals surface area contributed by atoms with Gasteiger partial charge in [0, 0.05) is 42.3 Å². The van der Waals surface area contributed by atoms with Crippen molar-refractivity contribution in [2.24, 2.45) is 0 Å². The molecule has 1 aromatic heterocycles. The summed E-state index contributed by atoms with van der Waals surface area (Å²) in [6.45, 7) is 2.85. The summed E-state index contributed by atoms with van der Waals surface area (Å²) in [7, 11) is 0.00851. The van der Waals surface area contributed by atoms with Crippen molar-refractivity contribution in [2.45, 2.75) is 24.3 Å². The maximum absolute atomic E-state index is 13.2. The second kappa shape index (κ2) is 7.30. The number of rotatable bonds is 5. The van der Waals surface area contributed by atoms with Gasteiger partial charge in [0.1, 0.15) is 0 Å². The van der Waals surface area contributed by atoms with E-state index < -0.39 is 10.0 Å². The molecule has 1 N–H and O–H groups in total. The van der Waals surface area contributed by atoms with E-state index in [1.165, 1.54) is 4.31 Å². The highest BCUT2D eigenvalue weighted by molar-refractivity contribution is 7.89. The van der Waals surface area contributed by atoms with E-state index in [4.69, 9.17) is 0 Å². The van der Waals surface area contributed by atoms with Crippen LogP contribution in [0, 0.1) is 6.92 Å². The topological polar surface area (TPSA) is 82.6 Å². The molecule has 0 saturated carbocycles. The second-order valence-corrected chi connectivity index (χ2v) is 8.87. The second-order valence-electron chi connectivity index (χ2n) is 6.96. The van der Waals surface area contributed by atoms with Gasteiger partial charge in [-0.1, -0.05) is 12.1 Å². The number of fused-ring (bicyclic) bond motifs is 1. The number of carbonyl (C=O) groups excluding carboxylic acids is 1. The molecule has 1 aliphatic rings. The number of hydrogen-bond acceptors (Lipinski definition) is 5. The Morgan fingerprint density at radius 3 is 2.85 bits per heavy atom. The van der Waals surface area contributed by atoms with Gasteiger partial charge in [0.2, 0.25) is 15.9 Å². The smallest absolute Gasteiger partial charge is 0.243 e. The third-order valence-corrected chi connectivity index (χ3v) is 6.44. The summed E-state index contributed by atoms with van der Waals surface area (Å²) in [4.78, 5) is 18.2. The molecule has 0 aliphatic carbocycles. The molecule has 0 spiro atoms. The molecular weight excluding hydrogens is 352 g/mol. The first-order valence-corrected chi connectivity index (χ1v) is 10.0. The number of aromatic nitrogens is 1. The molecule has 1 aliphatic heterocycles. The van der Waals surface area contributed by atoms with Crippen molar-refractivity contribution in [3.63, 3.8) is 0 Å². The summed E-state index contributed by atoms with van der Waals surface area (Å²) in [6.07, 6.45) is 3.97. The number of benzene rings is 1. The normalized spacial score (nSPS) is 18.5. The van der Waals surface area contributed by atoms with Crippen molar-refractivity contribution < 1.29 is 13.2 Å². The standard InChI is InChI=1S/C18H24N4O3S/c1-13-9-19-10-14-5-4-6-16(18(13)14)26(24,25)22-8-7-15(11-22)20-17(23)12-21(2)3/h4-6,9-10,15H,7-8,11-12H2,1-3H3,(H,20,23)/t15-/m0/s1. The lowest BCUT2D eigenvalue weighted by Gasteiger charge is -2.19. The molecule has 1 fully saturated rings. The van der Waals surface area contributed by atoms with Crippen LogP contribution in [0.15, 0.2) is 35.5 Å². The number of nitrogens with zero attached hydrogens (tertiary/aromatic N) is 3. The molecule has 1 saturated heterocycles. The van der Waals surface area contributed by atoms with E-state index in [9.17, 15) is 13.2 Å². The Hall–Kier alpha value is -2.03. The van der Waals surface area contributed by atoms with Crippen LogP contribution in [0.4, 0.5) is 0 Å². The van der Waals surface area contributed by atoms with Crippen LogP contribution in [0.2, 0.25) is 0 Å². The van der Waals surface area contributed by atoms with E-state index in [0.717, 1.165) is 10.9 Å². The predicted octanol–water partition coefficient (Wildman–Crippen LogP) is 0.984. The number of amides is 1. The van der Waals surface area contributed by atoms with Gasteiger partial charge in [0.25, 0.3) is 0 Å². The summed E-state index contributed by atoms with van der Waals surface area (Å²) in [6, 6.07) is 5.09. The van der Waals surface area contributed by atoms with Gasteiger partial charge in [-0.25, -0.2) is 8.42 Å². The SMILES string of the molecule is Cc1cncc2cccc(S(=O)(=O)N3CC[C@H](NC(=O)CN(C)C)C3)c12. The van der Waals surface area contributed by atoms with Gasteiger partial charge >= 0.3 is 0 Å². The Bertz CT molecular complexity index is 922. The fourth-order valence-electron chi connectivity index (χ4n) is 3.35. The van der Waals surface area contributed by atoms with E-state index in [1.54, 1.807) is 29.4 Å². The third-order valence-electron chi connectivity index (χ3n) is 4.53. The first-order chi connectivity index (χ1) is 12.3. The highest BCUT2D eigenvalue weighted by Gasteiger charge is 2.34. The van der Waals surface area contributed by atoms with E-state index >= 15 is 0 Å². The van der Waals surface area contributed by atoms with Gasteiger partial charge in [-0.2, -0.15) is 4.31 Å². The monoisotopic (exact) mass is 376 g/mol. The number of sulfonamides is 1. The predicted molar refractivity (Wildman–Crippen MR) is 100 cm³/mol. The van der Waals surface area contributed by atoms with Crippen LogP contribution in [-0.4, -0.2) is 68.3 Å². The molecule has 0 unspecified atom stereocenters. The number of carbonyl (C=O) groups is 1. The van der Waals surface area contributed by atoms with Crippen molar-refractivity contribution in [3.05, 3.63) is 36.2 Å². The van der Waals surface area contributed by atoms with Gasteiger partial charge in [-0.15, -0.1) is 0 Å². The lowest BCUT2D eigenvalue weighted by atomic mass is 10.1. The van der Waals surface area contributed by atoms with Crippen LogP contribution < -0.4 is 5.32 Å². The van der Waals surface area contributed by atoms with E-state index in [1.807, 2.05) is 27.1 Å². The van der Waals surface area contributed by atoms with E-state index in [0.29, 0.717) is 36.3 Å². The fraction of sp³-hybridized carbons (Fsp3) is 0.444. The summed E-state index contributed by atoms with van der Waals surface area (Å²) < 4.78 is 27.8. The molecule has 140 valence electrons. The quantitative estimate of drug-likeness (QED) is 0.841. The molecule has 2 heterocycles. The Balaban J connectivity index is 1.83. The zero-order valence-corrected chi connectivity index (χ0v) is 16.1. The third kappa shape index (κ3) is 3.72. The Morgan fingerprint density at radius 1 is 1.35 bits per heavy atom. The van der Waals surface area contributed by atoms with Gasteiger partial charge in [-0.3, -0.25) is 9.78 Å². The zero-order valence-electron chi connectivity index (χ0n) is 15.3. The first kappa shape index (κ1) is 18.8. The molecule has 7 nitrogen and oxygen atoms in total. The van der Waals surface area contributed by atoms with Crippen LogP contribution in [0.25, 0.3) is 10.8 Å². The first-order valence-electron chi connectivity index (χ1n) is 8.56.